The summed E-state index contributed by atoms with van der Waals surface area (Å²) in [6.07, 6.45) is 8.76. The van der Waals surface area contributed by atoms with Crippen LogP contribution >= 0.6 is 0 Å². The predicted octanol–water partition coefficient (Wildman–Crippen LogP) is 3.17. The van der Waals surface area contributed by atoms with Crippen LogP contribution in [0.5, 0.6) is 0 Å². The van der Waals surface area contributed by atoms with E-state index in [9.17, 15) is 9.50 Å². The van der Waals surface area contributed by atoms with Gasteiger partial charge in [0, 0.05) is 18.0 Å². The Bertz CT molecular complexity index is 687. The largest absolute Gasteiger partial charge is 0.392 e. The molecule has 5 nitrogen and oxygen atoms in total. The van der Waals surface area contributed by atoms with Crippen molar-refractivity contribution < 1.29 is 19.7 Å². The van der Waals surface area contributed by atoms with Gasteiger partial charge in [0.1, 0.15) is 0 Å². The zero-order valence-electron chi connectivity index (χ0n) is 14.6. The van der Waals surface area contributed by atoms with E-state index in [2.05, 4.69) is 16.5 Å². The van der Waals surface area contributed by atoms with Gasteiger partial charge in [-0.15, -0.1) is 0 Å². The van der Waals surface area contributed by atoms with E-state index in [0.717, 1.165) is 0 Å². The highest BCUT2D eigenvalue weighted by molar-refractivity contribution is 5.73. The Morgan fingerprint density at radius 2 is 2.00 bits per heavy atom. The van der Waals surface area contributed by atoms with Crippen molar-refractivity contribution in [1.82, 2.24) is 9.97 Å². The Hall–Kier alpha value is -2.41. The molecule has 0 aliphatic rings. The van der Waals surface area contributed by atoms with Gasteiger partial charge in [-0.3, -0.25) is 9.97 Å². The zero-order valence-corrected chi connectivity index (χ0v) is 14.6. The fourth-order valence-corrected chi connectivity index (χ4v) is 2.23. The Morgan fingerprint density at radius 3 is 2.65 bits per heavy atom. The van der Waals surface area contributed by atoms with Crippen molar-refractivity contribution in [2.24, 2.45) is 0 Å². The lowest BCUT2D eigenvalue weighted by molar-refractivity contribution is -0.0465. The van der Waals surface area contributed by atoms with Gasteiger partial charge in [0.25, 0.3) is 0 Å². The van der Waals surface area contributed by atoms with Gasteiger partial charge in [-0.25, -0.2) is 4.39 Å². The summed E-state index contributed by atoms with van der Waals surface area (Å²) in [5.41, 5.74) is 2.52. The number of hydrogen-bond acceptors (Lipinski definition) is 5. The molecule has 0 aliphatic heterocycles. The van der Waals surface area contributed by atoms with E-state index in [1.807, 2.05) is 0 Å². The normalized spacial score (nSPS) is 11.7. The second-order valence-electron chi connectivity index (χ2n) is 5.48. The number of aliphatic hydroxyl groups is 3. The molecule has 0 fully saturated rings. The Balaban J connectivity index is 3.34. The molecule has 0 aromatic carbocycles. The van der Waals surface area contributed by atoms with Crippen molar-refractivity contribution in [3.63, 3.8) is 0 Å². The van der Waals surface area contributed by atoms with E-state index in [-0.39, 0.29) is 13.0 Å². The number of halogens is 1. The number of aryl methyl sites for hydroxylation is 1. The van der Waals surface area contributed by atoms with Crippen molar-refractivity contribution >= 4 is 5.57 Å². The molecule has 140 valence electrons. The molecule has 26 heavy (non-hydrogen) atoms. The molecule has 0 amide bonds. The van der Waals surface area contributed by atoms with Crippen LogP contribution in [0.25, 0.3) is 5.57 Å². The van der Waals surface area contributed by atoms with Crippen LogP contribution < -0.4 is 0 Å². The van der Waals surface area contributed by atoms with Crippen LogP contribution in [0.3, 0.4) is 0 Å². The van der Waals surface area contributed by atoms with Crippen molar-refractivity contribution in [3.8, 4) is 0 Å². The average molecular weight is 360 g/mol. The van der Waals surface area contributed by atoms with Crippen molar-refractivity contribution in [1.29, 1.82) is 0 Å². The minimum atomic E-state index is -1.33. The molecule has 3 N–H and O–H groups in total. The maximum absolute atomic E-state index is 12.4. The Morgan fingerprint density at radius 1 is 1.19 bits per heavy atom. The summed E-state index contributed by atoms with van der Waals surface area (Å²) in [6.45, 7) is 3.64. The fraction of sp³-hybridized carbons (Fsp3) is 0.300. The maximum atomic E-state index is 12.4. The standard InChI is InChI=1S/C20H25FN2O3/c1-2-17(8-5-12-21)20-18(9-3-4-10-19(25)26)22-14-11-16(15-24)7-6-13-23-20/h2,5-8,11-14,19,24-26H,1,3-4,9-10,15H2/b7-6?,12-5+,13-6?,14-11?,16-7?,16-11?,17-8+,20-18?,22-14?,22-18?,23-13?,23-20?. The van der Waals surface area contributed by atoms with Gasteiger partial charge < -0.3 is 15.3 Å². The summed E-state index contributed by atoms with van der Waals surface area (Å²) in [6, 6.07) is 5.12. The third-order valence-electron chi connectivity index (χ3n) is 3.54. The van der Waals surface area contributed by atoms with Crippen molar-refractivity contribution in [2.75, 3.05) is 0 Å². The molecule has 1 heterocycles. The molecule has 0 saturated carbocycles. The lowest BCUT2D eigenvalue weighted by atomic mass is 10.0. The van der Waals surface area contributed by atoms with Crippen LogP contribution in [0, 0.1) is 0 Å². The fourth-order valence-electron chi connectivity index (χ4n) is 2.23. The minimum Gasteiger partial charge on any atom is -0.392 e. The van der Waals surface area contributed by atoms with Crippen molar-refractivity contribution in [3.05, 3.63) is 78.7 Å². The van der Waals surface area contributed by atoms with Gasteiger partial charge in [0.05, 0.1) is 24.3 Å². The first-order valence-corrected chi connectivity index (χ1v) is 8.36. The molecule has 1 rings (SSSR count). The summed E-state index contributed by atoms with van der Waals surface area (Å²) in [4.78, 5) is 8.87. The topological polar surface area (TPSA) is 86.5 Å². The van der Waals surface area contributed by atoms with Crippen LogP contribution in [0.4, 0.5) is 4.39 Å². The van der Waals surface area contributed by atoms with Gasteiger partial charge in [-0.1, -0.05) is 24.8 Å². The monoisotopic (exact) mass is 360 g/mol. The third-order valence-corrected chi connectivity index (χ3v) is 3.54. The molecule has 6 heteroatoms. The lowest BCUT2D eigenvalue weighted by Gasteiger charge is -2.07. The van der Waals surface area contributed by atoms with Gasteiger partial charge in [0.2, 0.25) is 0 Å². The summed E-state index contributed by atoms with van der Waals surface area (Å²) >= 11 is 0. The predicted molar refractivity (Wildman–Crippen MR) is 99.8 cm³/mol. The van der Waals surface area contributed by atoms with Gasteiger partial charge in [-0.2, -0.15) is 0 Å². The first-order chi connectivity index (χ1) is 12.6. The van der Waals surface area contributed by atoms with Gasteiger partial charge >= 0.3 is 0 Å². The number of nitrogens with zero attached hydrogens (tertiary/aromatic N) is 2. The maximum Gasteiger partial charge on any atom is 0.151 e. The Labute approximate surface area is 153 Å². The number of allylic oxidation sites excluding steroid dienone is 4. The highest BCUT2D eigenvalue weighted by Crippen LogP contribution is 2.18. The number of rotatable bonds is 9. The molecule has 0 atom stereocenters. The first kappa shape index (κ1) is 21.6. The third kappa shape index (κ3) is 8.11. The molecule has 0 radical (unpaired) electrons. The van der Waals surface area contributed by atoms with Crippen LogP contribution in [-0.4, -0.2) is 31.6 Å². The number of hydrogen-bond donors (Lipinski definition) is 3. The smallest absolute Gasteiger partial charge is 0.151 e. The molecule has 0 aliphatic carbocycles. The number of aliphatic hydroxyl groups excluding tert-OH is 2. The highest BCUT2D eigenvalue weighted by Gasteiger charge is 2.07. The summed E-state index contributed by atoms with van der Waals surface area (Å²) in [7, 11) is 0. The van der Waals surface area contributed by atoms with E-state index in [1.54, 1.807) is 42.7 Å². The van der Waals surface area contributed by atoms with E-state index in [1.165, 1.54) is 6.08 Å². The Kier molecular flexibility index (Phi) is 10.7. The van der Waals surface area contributed by atoms with Crippen LogP contribution in [-0.2, 0) is 13.0 Å². The molecular formula is C20H25FN2O3. The SMILES string of the molecule is C=C/C(=C\C=C\F)c1ncccc(CO)ccnc1CCCCC(O)O. The van der Waals surface area contributed by atoms with Crippen LogP contribution in [0.2, 0.25) is 0 Å². The molecule has 0 unspecified atom stereocenters. The van der Waals surface area contributed by atoms with Crippen LogP contribution in [0.15, 0.2) is 61.7 Å². The second-order valence-corrected chi connectivity index (χ2v) is 5.48. The van der Waals surface area contributed by atoms with Gasteiger partial charge in [-0.05, 0) is 49.5 Å². The molecular weight excluding hydrogens is 335 g/mol. The molecule has 0 spiro atoms. The minimum absolute atomic E-state index is 0.115. The average Bonchev–Trinajstić information content (AvgIpc) is 2.64. The quantitative estimate of drug-likeness (QED) is 0.358. The molecule has 1 aromatic rings. The summed E-state index contributed by atoms with van der Waals surface area (Å²) in [5.74, 6) is 0. The molecule has 0 saturated heterocycles. The summed E-state index contributed by atoms with van der Waals surface area (Å²) in [5, 5.41) is 27.2. The number of unbranched alkanes of at least 4 members (excludes halogenated alkanes) is 1. The molecule has 1 aromatic heterocycles. The van der Waals surface area contributed by atoms with E-state index in [0.29, 0.717) is 48.1 Å². The number of aromatic nitrogens is 2. The lowest BCUT2D eigenvalue weighted by Crippen LogP contribution is -2.04. The first-order valence-electron chi connectivity index (χ1n) is 8.36. The second kappa shape index (κ2) is 12.9. The zero-order chi connectivity index (χ0) is 19.2. The molecule has 0 bridgehead atoms. The summed E-state index contributed by atoms with van der Waals surface area (Å²) < 4.78 is 12.4. The van der Waals surface area contributed by atoms with Gasteiger partial charge in [0.15, 0.2) is 6.29 Å². The van der Waals surface area contributed by atoms with E-state index in [4.69, 9.17) is 10.2 Å². The van der Waals surface area contributed by atoms with E-state index >= 15 is 0 Å². The van der Waals surface area contributed by atoms with Crippen LogP contribution in [0.1, 0.15) is 36.2 Å². The van der Waals surface area contributed by atoms with Crippen molar-refractivity contribution in [2.45, 2.75) is 38.6 Å². The van der Waals surface area contributed by atoms with E-state index < -0.39 is 6.29 Å². The highest BCUT2D eigenvalue weighted by atomic mass is 19.1.